The van der Waals surface area contributed by atoms with Gasteiger partial charge in [-0.05, 0) is 5.56 Å². The molecule has 2 rings (SSSR count). The second-order valence-electron chi connectivity index (χ2n) is 3.46. The summed E-state index contributed by atoms with van der Waals surface area (Å²) < 4.78 is -1.17. The summed E-state index contributed by atoms with van der Waals surface area (Å²) in [5, 5.41) is 10.3. The van der Waals surface area contributed by atoms with Crippen molar-refractivity contribution >= 4 is 43.9 Å². The third-order valence-corrected chi connectivity index (χ3v) is 4.64. The number of hydrogen-bond acceptors (Lipinski definition) is 2. The van der Waals surface area contributed by atoms with Crippen molar-refractivity contribution in [3.8, 4) is 0 Å². The molecule has 16 heavy (non-hydrogen) atoms. The zero-order chi connectivity index (χ0) is 12.0. The quantitative estimate of drug-likeness (QED) is 0.365. The van der Waals surface area contributed by atoms with Crippen LogP contribution in [0.1, 0.15) is 15.9 Å². The van der Waals surface area contributed by atoms with Crippen LogP contribution in [0.3, 0.4) is 0 Å². The van der Waals surface area contributed by atoms with Gasteiger partial charge in [-0.15, -0.1) is 0 Å². The highest BCUT2D eigenvalue weighted by Crippen LogP contribution is 2.53. The van der Waals surface area contributed by atoms with Gasteiger partial charge in [-0.25, -0.2) is 0 Å². The van der Waals surface area contributed by atoms with Crippen LogP contribution in [0.5, 0.6) is 0 Å². The van der Waals surface area contributed by atoms with Gasteiger partial charge in [0.1, 0.15) is 0 Å². The minimum atomic E-state index is -1.94. The van der Waals surface area contributed by atoms with Crippen molar-refractivity contribution in [2.45, 2.75) is 8.83 Å². The van der Waals surface area contributed by atoms with Gasteiger partial charge in [0.15, 0.2) is 3.23 Å². The van der Waals surface area contributed by atoms with Crippen molar-refractivity contribution in [3.05, 3.63) is 40.9 Å². The first-order valence-corrected chi connectivity index (χ1v) is 5.97. The van der Waals surface area contributed by atoms with Gasteiger partial charge >= 0.3 is 0 Å². The molecule has 0 amide bonds. The Morgan fingerprint density at radius 1 is 1.38 bits per heavy atom. The van der Waals surface area contributed by atoms with Gasteiger partial charge in [0.05, 0.1) is 0 Å². The minimum Gasteiger partial charge on any atom is -0.370 e. The van der Waals surface area contributed by atoms with Gasteiger partial charge in [-0.3, -0.25) is 4.79 Å². The standard InChI is InChI=1S/C10H6Br2N2O2/c11-10(12)7-4-2-1-3-6(7)8(15)9(10,16)5-14-13/h1-5,16H. The number of alkyl halides is 2. The van der Waals surface area contributed by atoms with Crippen molar-refractivity contribution in [1.82, 2.24) is 0 Å². The Labute approximate surface area is 108 Å². The second-order valence-corrected chi connectivity index (χ2v) is 6.90. The van der Waals surface area contributed by atoms with E-state index in [1.165, 1.54) is 0 Å². The summed E-state index contributed by atoms with van der Waals surface area (Å²) in [6.07, 6.45) is 0.804. The Balaban J connectivity index is 2.75. The van der Waals surface area contributed by atoms with E-state index in [1.54, 1.807) is 24.3 Å². The highest BCUT2D eigenvalue weighted by atomic mass is 79.9. The fourth-order valence-corrected chi connectivity index (χ4v) is 2.99. The highest BCUT2D eigenvalue weighted by molar-refractivity contribution is 9.25. The van der Waals surface area contributed by atoms with Crippen LogP contribution in [0.25, 0.3) is 5.53 Å². The molecule has 82 valence electrons. The van der Waals surface area contributed by atoms with Gasteiger partial charge in [-0.1, -0.05) is 56.1 Å². The Hall–Kier alpha value is -0.810. The molecular weight excluding hydrogens is 340 g/mol. The third-order valence-electron chi connectivity index (χ3n) is 2.58. The lowest BCUT2D eigenvalue weighted by atomic mass is 10.0. The van der Waals surface area contributed by atoms with Crippen molar-refractivity contribution in [3.63, 3.8) is 0 Å². The maximum Gasteiger partial charge on any atom is 0.299 e. The summed E-state index contributed by atoms with van der Waals surface area (Å²) in [5.41, 5.74) is 7.58. The summed E-state index contributed by atoms with van der Waals surface area (Å²) in [6.45, 7) is 0. The molecule has 1 atom stereocenters. The van der Waals surface area contributed by atoms with E-state index in [0.717, 1.165) is 6.21 Å². The molecule has 0 fully saturated rings. The zero-order valence-corrected chi connectivity index (χ0v) is 11.1. The average molecular weight is 346 g/mol. The smallest absolute Gasteiger partial charge is 0.299 e. The molecule has 4 nitrogen and oxygen atoms in total. The number of carbonyl (C=O) groups is 1. The number of Topliss-reactive ketones (excluding diaryl/α,β-unsaturated/α-hetero) is 1. The average Bonchev–Trinajstić information content (AvgIpc) is 2.40. The van der Waals surface area contributed by atoms with Crippen LogP contribution in [-0.4, -0.2) is 27.5 Å². The van der Waals surface area contributed by atoms with E-state index in [-0.39, 0.29) is 0 Å². The van der Waals surface area contributed by atoms with Crippen LogP contribution < -0.4 is 0 Å². The lowest BCUT2D eigenvalue weighted by Gasteiger charge is -2.24. The molecule has 0 saturated carbocycles. The number of aliphatic hydroxyl groups is 1. The summed E-state index contributed by atoms with van der Waals surface area (Å²) >= 11 is 6.50. The molecule has 1 aliphatic rings. The van der Waals surface area contributed by atoms with Crippen molar-refractivity contribution in [2.24, 2.45) is 0 Å². The Morgan fingerprint density at radius 3 is 2.56 bits per heavy atom. The molecule has 1 unspecified atom stereocenters. The summed E-state index contributed by atoms with van der Waals surface area (Å²) in [4.78, 5) is 14.8. The Bertz CT molecular complexity index is 523. The van der Waals surface area contributed by atoms with Gasteiger partial charge in [0.2, 0.25) is 5.78 Å². The maximum absolute atomic E-state index is 12.0. The number of fused-ring (bicyclic) bond motifs is 1. The first-order valence-electron chi connectivity index (χ1n) is 4.38. The first-order chi connectivity index (χ1) is 7.45. The number of rotatable bonds is 1. The minimum absolute atomic E-state index is 0.388. The molecule has 0 bridgehead atoms. The molecule has 0 aliphatic heterocycles. The van der Waals surface area contributed by atoms with E-state index in [0.29, 0.717) is 11.1 Å². The van der Waals surface area contributed by atoms with Crippen molar-refractivity contribution in [1.29, 1.82) is 0 Å². The van der Waals surface area contributed by atoms with Crippen LogP contribution in [0, 0.1) is 0 Å². The normalized spacial score (nSPS) is 26.1. The number of halogens is 2. The molecule has 1 N–H and O–H groups in total. The number of benzene rings is 1. The Kier molecular flexibility index (Phi) is 2.62. The molecule has 0 radical (unpaired) electrons. The van der Waals surface area contributed by atoms with Gasteiger partial charge in [-0.2, -0.15) is 4.79 Å². The lowest BCUT2D eigenvalue weighted by Crippen LogP contribution is -2.47. The van der Waals surface area contributed by atoms with E-state index in [2.05, 4.69) is 36.6 Å². The highest BCUT2D eigenvalue weighted by Gasteiger charge is 2.63. The van der Waals surface area contributed by atoms with Crippen LogP contribution in [0.15, 0.2) is 24.3 Å². The maximum atomic E-state index is 12.0. The fraction of sp³-hybridized carbons (Fsp3) is 0.200. The van der Waals surface area contributed by atoms with Crippen molar-refractivity contribution in [2.75, 3.05) is 0 Å². The molecule has 0 heterocycles. The molecule has 6 heteroatoms. The van der Waals surface area contributed by atoms with Gasteiger partial charge in [0, 0.05) is 5.56 Å². The predicted octanol–water partition coefficient (Wildman–Crippen LogP) is 1.86. The van der Waals surface area contributed by atoms with E-state index in [1.807, 2.05) is 0 Å². The topological polar surface area (TPSA) is 73.7 Å². The van der Waals surface area contributed by atoms with Crippen LogP contribution >= 0.6 is 31.9 Å². The largest absolute Gasteiger partial charge is 0.370 e. The number of ketones is 1. The second kappa shape index (κ2) is 3.60. The SMILES string of the molecule is [N-]=[N+]=CC1(O)C(=O)c2ccccc2C1(Br)Br. The molecule has 1 aromatic carbocycles. The zero-order valence-electron chi connectivity index (χ0n) is 7.89. The lowest BCUT2D eigenvalue weighted by molar-refractivity contribution is -0.0231. The van der Waals surface area contributed by atoms with Gasteiger partial charge in [0.25, 0.3) is 11.8 Å². The predicted molar refractivity (Wildman–Crippen MR) is 64.9 cm³/mol. The summed E-state index contributed by atoms with van der Waals surface area (Å²) in [6, 6.07) is 6.78. The third kappa shape index (κ3) is 1.28. The molecule has 0 spiro atoms. The van der Waals surface area contributed by atoms with E-state index >= 15 is 0 Å². The number of hydrogen-bond donors (Lipinski definition) is 1. The number of nitrogens with zero attached hydrogens (tertiary/aromatic N) is 2. The molecule has 1 aliphatic carbocycles. The van der Waals surface area contributed by atoms with Crippen molar-refractivity contribution < 1.29 is 14.7 Å². The molecule has 0 saturated heterocycles. The Morgan fingerprint density at radius 2 is 2.00 bits per heavy atom. The van der Waals surface area contributed by atoms with Crippen LogP contribution in [0.4, 0.5) is 0 Å². The van der Waals surface area contributed by atoms with E-state index < -0.39 is 14.6 Å². The first kappa shape index (κ1) is 11.7. The number of carbonyl (C=O) groups excluding carboxylic acids is 1. The van der Waals surface area contributed by atoms with E-state index in [9.17, 15) is 9.90 Å². The molecule has 0 aromatic heterocycles. The summed E-state index contributed by atoms with van der Waals surface area (Å²) in [5.74, 6) is -0.519. The van der Waals surface area contributed by atoms with E-state index in [4.69, 9.17) is 5.53 Å². The van der Waals surface area contributed by atoms with Crippen LogP contribution in [0.2, 0.25) is 0 Å². The fourth-order valence-electron chi connectivity index (χ4n) is 1.73. The monoisotopic (exact) mass is 344 g/mol. The van der Waals surface area contributed by atoms with Gasteiger partial charge < -0.3 is 10.6 Å². The summed E-state index contributed by atoms with van der Waals surface area (Å²) in [7, 11) is 0. The molecular formula is C10H6Br2N2O2. The molecule has 1 aromatic rings. The van der Waals surface area contributed by atoms with Crippen LogP contribution in [-0.2, 0) is 3.23 Å².